The van der Waals surface area contributed by atoms with Crippen molar-refractivity contribution >= 4 is 0 Å². The number of rotatable bonds is 0. The standard InChI is InChI=1S/C6H12O2/c1-2-4-7-6-8-5-3-1/h1-6H2. The molecule has 0 spiro atoms. The van der Waals surface area contributed by atoms with Gasteiger partial charge in [-0.1, -0.05) is 0 Å². The summed E-state index contributed by atoms with van der Waals surface area (Å²) in [5, 5.41) is 0. The van der Waals surface area contributed by atoms with Crippen LogP contribution in [0.25, 0.3) is 0 Å². The molecule has 2 nitrogen and oxygen atoms in total. The van der Waals surface area contributed by atoms with Gasteiger partial charge in [0.05, 0.1) is 0 Å². The third kappa shape index (κ3) is 2.28. The molecule has 0 atom stereocenters. The molecule has 1 aliphatic rings. The van der Waals surface area contributed by atoms with Crippen molar-refractivity contribution in [3.8, 4) is 0 Å². The van der Waals surface area contributed by atoms with E-state index >= 15 is 0 Å². The second kappa shape index (κ2) is 3.87. The monoisotopic (exact) mass is 116 g/mol. The average Bonchev–Trinajstić information content (AvgIpc) is 1.62. The van der Waals surface area contributed by atoms with E-state index in [1.165, 1.54) is 19.3 Å². The third-order valence-corrected chi connectivity index (χ3v) is 1.24. The zero-order valence-electron chi connectivity index (χ0n) is 5.06. The summed E-state index contributed by atoms with van der Waals surface area (Å²) in [6.07, 6.45) is 3.65. The summed E-state index contributed by atoms with van der Waals surface area (Å²) < 4.78 is 10.1. The van der Waals surface area contributed by atoms with E-state index in [0.29, 0.717) is 6.79 Å². The first-order valence-electron chi connectivity index (χ1n) is 3.15. The summed E-state index contributed by atoms with van der Waals surface area (Å²) in [7, 11) is 0. The molecule has 1 aliphatic heterocycles. The Morgan fingerprint density at radius 1 is 0.750 bits per heavy atom. The van der Waals surface area contributed by atoms with Gasteiger partial charge < -0.3 is 9.47 Å². The van der Waals surface area contributed by atoms with Gasteiger partial charge in [0, 0.05) is 13.2 Å². The molecule has 2 heteroatoms. The van der Waals surface area contributed by atoms with Crippen molar-refractivity contribution in [2.45, 2.75) is 19.3 Å². The van der Waals surface area contributed by atoms with Gasteiger partial charge in [-0.3, -0.25) is 0 Å². The summed E-state index contributed by atoms with van der Waals surface area (Å²) in [6.45, 7) is 2.25. The van der Waals surface area contributed by atoms with Crippen LogP contribution in [0.5, 0.6) is 0 Å². The number of hydrogen-bond donors (Lipinski definition) is 0. The van der Waals surface area contributed by atoms with Gasteiger partial charge in [-0.25, -0.2) is 0 Å². The Hall–Kier alpha value is -0.0800. The Bertz CT molecular complexity index is 30.5. The molecular weight excluding hydrogens is 104 g/mol. The van der Waals surface area contributed by atoms with Gasteiger partial charge in [0.1, 0.15) is 6.79 Å². The van der Waals surface area contributed by atoms with Crippen molar-refractivity contribution in [2.75, 3.05) is 20.0 Å². The first-order chi connectivity index (χ1) is 4.00. The normalized spacial score (nSPS) is 24.0. The van der Waals surface area contributed by atoms with Crippen molar-refractivity contribution < 1.29 is 9.47 Å². The van der Waals surface area contributed by atoms with Gasteiger partial charge in [0.15, 0.2) is 0 Å². The highest BCUT2D eigenvalue weighted by Gasteiger charge is 1.94. The first kappa shape index (κ1) is 6.05. The van der Waals surface area contributed by atoms with Crippen LogP contribution >= 0.6 is 0 Å². The Balaban J connectivity index is 2.00. The summed E-state index contributed by atoms with van der Waals surface area (Å²) in [5.74, 6) is 0. The van der Waals surface area contributed by atoms with Gasteiger partial charge in [0.25, 0.3) is 0 Å². The fourth-order valence-corrected chi connectivity index (χ4v) is 0.762. The van der Waals surface area contributed by atoms with Crippen molar-refractivity contribution in [2.24, 2.45) is 0 Å². The van der Waals surface area contributed by atoms with Crippen LogP contribution in [0, 0.1) is 0 Å². The summed E-state index contributed by atoms with van der Waals surface area (Å²) >= 11 is 0. The van der Waals surface area contributed by atoms with Crippen LogP contribution in [0.1, 0.15) is 19.3 Å². The van der Waals surface area contributed by atoms with Crippen molar-refractivity contribution in [1.29, 1.82) is 0 Å². The molecule has 1 heterocycles. The third-order valence-electron chi connectivity index (χ3n) is 1.24. The summed E-state index contributed by atoms with van der Waals surface area (Å²) in [6, 6.07) is 0. The highest BCUT2D eigenvalue weighted by atomic mass is 16.7. The van der Waals surface area contributed by atoms with Crippen LogP contribution in [0.3, 0.4) is 0 Å². The Kier molecular flexibility index (Phi) is 2.92. The largest absolute Gasteiger partial charge is 0.355 e. The minimum atomic E-state index is 0.500. The van der Waals surface area contributed by atoms with Gasteiger partial charge in [0.2, 0.25) is 0 Å². The smallest absolute Gasteiger partial charge is 0.146 e. The molecule has 0 aromatic carbocycles. The molecule has 0 amide bonds. The molecule has 0 radical (unpaired) electrons. The summed E-state index contributed by atoms with van der Waals surface area (Å²) in [5.41, 5.74) is 0. The van der Waals surface area contributed by atoms with E-state index in [2.05, 4.69) is 0 Å². The van der Waals surface area contributed by atoms with E-state index < -0.39 is 0 Å². The van der Waals surface area contributed by atoms with E-state index in [-0.39, 0.29) is 0 Å². The molecule has 0 N–H and O–H groups in total. The van der Waals surface area contributed by atoms with E-state index in [1.807, 2.05) is 0 Å². The predicted molar refractivity (Wildman–Crippen MR) is 30.6 cm³/mol. The van der Waals surface area contributed by atoms with Crippen LogP contribution < -0.4 is 0 Å². The topological polar surface area (TPSA) is 18.5 Å². The van der Waals surface area contributed by atoms with E-state index in [0.717, 1.165) is 13.2 Å². The molecule has 0 aromatic rings. The lowest BCUT2D eigenvalue weighted by Gasteiger charge is -2.08. The maximum Gasteiger partial charge on any atom is 0.146 e. The molecule has 0 bridgehead atoms. The second-order valence-corrected chi connectivity index (χ2v) is 2.00. The Morgan fingerprint density at radius 2 is 1.38 bits per heavy atom. The second-order valence-electron chi connectivity index (χ2n) is 2.00. The van der Waals surface area contributed by atoms with Gasteiger partial charge >= 0.3 is 0 Å². The lowest BCUT2D eigenvalue weighted by atomic mass is 10.2. The lowest BCUT2D eigenvalue weighted by Crippen LogP contribution is -2.06. The maximum absolute atomic E-state index is 5.05. The van der Waals surface area contributed by atoms with Crippen molar-refractivity contribution in [3.05, 3.63) is 0 Å². The minimum Gasteiger partial charge on any atom is -0.355 e. The predicted octanol–water partition coefficient (Wildman–Crippen LogP) is 1.16. The van der Waals surface area contributed by atoms with Crippen LogP contribution in [-0.2, 0) is 9.47 Å². The molecule has 1 rings (SSSR count). The van der Waals surface area contributed by atoms with Crippen molar-refractivity contribution in [3.63, 3.8) is 0 Å². The minimum absolute atomic E-state index is 0.500. The quantitative estimate of drug-likeness (QED) is 0.473. The van der Waals surface area contributed by atoms with Gasteiger partial charge in [-0.15, -0.1) is 0 Å². The molecule has 48 valence electrons. The highest BCUT2D eigenvalue weighted by Crippen LogP contribution is 1.99. The highest BCUT2D eigenvalue weighted by molar-refractivity contribution is 4.41. The fourth-order valence-electron chi connectivity index (χ4n) is 0.762. The fraction of sp³-hybridized carbons (Fsp3) is 1.00. The molecule has 1 fully saturated rings. The SMILES string of the molecule is C1CCOCOCC1. The summed E-state index contributed by atoms with van der Waals surface area (Å²) in [4.78, 5) is 0. The van der Waals surface area contributed by atoms with Crippen molar-refractivity contribution in [1.82, 2.24) is 0 Å². The lowest BCUT2D eigenvalue weighted by molar-refractivity contribution is -0.0657. The first-order valence-corrected chi connectivity index (χ1v) is 3.15. The number of ether oxygens (including phenoxy) is 2. The Morgan fingerprint density at radius 3 is 2.00 bits per heavy atom. The van der Waals surface area contributed by atoms with Crippen LogP contribution in [0.15, 0.2) is 0 Å². The molecule has 0 aromatic heterocycles. The Labute approximate surface area is 49.8 Å². The van der Waals surface area contributed by atoms with E-state index in [4.69, 9.17) is 9.47 Å². The van der Waals surface area contributed by atoms with E-state index in [1.54, 1.807) is 0 Å². The molecule has 1 saturated heterocycles. The molecular formula is C6H12O2. The molecule has 0 unspecified atom stereocenters. The number of hydrogen-bond acceptors (Lipinski definition) is 2. The maximum atomic E-state index is 5.05. The molecule has 0 saturated carbocycles. The van der Waals surface area contributed by atoms with Crippen LogP contribution in [-0.4, -0.2) is 20.0 Å². The zero-order valence-corrected chi connectivity index (χ0v) is 5.06. The molecule has 0 aliphatic carbocycles. The van der Waals surface area contributed by atoms with Gasteiger partial charge in [-0.2, -0.15) is 0 Å². The van der Waals surface area contributed by atoms with Crippen LogP contribution in [0.4, 0.5) is 0 Å². The van der Waals surface area contributed by atoms with Crippen LogP contribution in [0.2, 0.25) is 0 Å². The van der Waals surface area contributed by atoms with E-state index in [9.17, 15) is 0 Å². The zero-order chi connectivity index (χ0) is 5.66. The average molecular weight is 116 g/mol. The van der Waals surface area contributed by atoms with Gasteiger partial charge in [-0.05, 0) is 19.3 Å². The molecule has 8 heavy (non-hydrogen) atoms.